The zero-order chi connectivity index (χ0) is 10.5. The fraction of sp³-hybridized carbons (Fsp3) is 0.750. The molecule has 3 nitrogen and oxygen atoms in total. The van der Waals surface area contributed by atoms with Crippen molar-refractivity contribution in [3.63, 3.8) is 0 Å². The minimum Gasteiger partial charge on any atom is -0.385 e. The highest BCUT2D eigenvalue weighted by atomic mass is 16.5. The van der Waals surface area contributed by atoms with E-state index in [9.17, 15) is 9.90 Å². The summed E-state index contributed by atoms with van der Waals surface area (Å²) in [5.74, 6) is 0.0323. The van der Waals surface area contributed by atoms with Crippen LogP contribution in [0.2, 0.25) is 0 Å². The van der Waals surface area contributed by atoms with Crippen molar-refractivity contribution in [3.05, 3.63) is 12.2 Å². The Morgan fingerprint density at radius 2 is 2.33 bits per heavy atom. The van der Waals surface area contributed by atoms with E-state index in [1.165, 1.54) is 0 Å². The van der Waals surface area contributed by atoms with Crippen molar-refractivity contribution in [3.8, 4) is 0 Å². The van der Waals surface area contributed by atoms with Crippen molar-refractivity contribution in [1.82, 2.24) is 0 Å². The Morgan fingerprint density at radius 3 is 2.93 bits per heavy atom. The third kappa shape index (κ3) is 1.16. The first-order chi connectivity index (χ1) is 7.24. The summed E-state index contributed by atoms with van der Waals surface area (Å²) in [6, 6.07) is 0. The molecule has 1 N–H and O–H groups in total. The van der Waals surface area contributed by atoms with Gasteiger partial charge in [-0.25, -0.2) is 0 Å². The van der Waals surface area contributed by atoms with E-state index < -0.39 is 11.5 Å². The first kappa shape index (κ1) is 9.55. The zero-order valence-corrected chi connectivity index (χ0v) is 8.69. The number of hydrogen-bond donors (Lipinski definition) is 1. The van der Waals surface area contributed by atoms with Crippen LogP contribution in [0, 0.1) is 11.3 Å². The Kier molecular flexibility index (Phi) is 2.01. The summed E-state index contributed by atoms with van der Waals surface area (Å²) in [6.07, 6.45) is 7.16. The highest BCUT2D eigenvalue weighted by molar-refractivity contribution is 5.95. The molecule has 82 valence electrons. The molecule has 3 rings (SSSR count). The summed E-state index contributed by atoms with van der Waals surface area (Å²) in [6.45, 7) is 0.758. The lowest BCUT2D eigenvalue weighted by Gasteiger charge is -2.35. The molecule has 15 heavy (non-hydrogen) atoms. The van der Waals surface area contributed by atoms with E-state index in [2.05, 4.69) is 0 Å². The molecule has 2 fully saturated rings. The molecule has 3 heteroatoms. The number of rotatable bonds is 1. The minimum absolute atomic E-state index is 0.0112. The van der Waals surface area contributed by atoms with Gasteiger partial charge >= 0.3 is 0 Å². The second kappa shape index (κ2) is 3.16. The lowest BCUT2D eigenvalue weighted by Crippen LogP contribution is -2.43. The van der Waals surface area contributed by atoms with Gasteiger partial charge in [0.25, 0.3) is 0 Å². The molecule has 3 aliphatic rings. The van der Waals surface area contributed by atoms with Gasteiger partial charge in [-0.1, -0.05) is 12.2 Å². The highest BCUT2D eigenvalue weighted by Crippen LogP contribution is 2.51. The number of aliphatic hydroxyl groups excluding tert-OH is 1. The summed E-state index contributed by atoms with van der Waals surface area (Å²) >= 11 is 0. The molecule has 1 saturated heterocycles. The Labute approximate surface area is 89.1 Å². The van der Waals surface area contributed by atoms with Crippen LogP contribution in [-0.4, -0.2) is 29.7 Å². The Bertz CT molecular complexity index is 317. The van der Waals surface area contributed by atoms with E-state index in [1.807, 2.05) is 12.2 Å². The van der Waals surface area contributed by atoms with Crippen LogP contribution in [0.3, 0.4) is 0 Å². The SMILES string of the molecule is O=C1[C@H](O)[C@H]2C=C[C@@]1([C@H]1CCCCO1)C2. The van der Waals surface area contributed by atoms with Gasteiger partial charge < -0.3 is 9.84 Å². The number of ketones is 1. The number of Topliss-reactive ketones (excluding diaryl/α,β-unsaturated/α-hetero) is 1. The number of carbonyl (C=O) groups is 1. The van der Waals surface area contributed by atoms with Crippen molar-refractivity contribution < 1.29 is 14.6 Å². The summed E-state index contributed by atoms with van der Waals surface area (Å²) in [7, 11) is 0. The van der Waals surface area contributed by atoms with E-state index in [4.69, 9.17) is 4.74 Å². The molecule has 1 saturated carbocycles. The third-order valence-electron chi connectivity index (χ3n) is 4.10. The predicted molar refractivity (Wildman–Crippen MR) is 54.3 cm³/mol. The average molecular weight is 208 g/mol. The van der Waals surface area contributed by atoms with Gasteiger partial charge in [0.1, 0.15) is 6.10 Å². The first-order valence-electron chi connectivity index (χ1n) is 5.77. The lowest BCUT2D eigenvalue weighted by atomic mass is 9.77. The summed E-state index contributed by atoms with van der Waals surface area (Å²) in [5.41, 5.74) is -0.482. The molecule has 0 aromatic carbocycles. The molecule has 0 amide bonds. The van der Waals surface area contributed by atoms with Gasteiger partial charge in [0, 0.05) is 12.5 Å². The summed E-state index contributed by atoms with van der Waals surface area (Å²) in [5, 5.41) is 9.73. The van der Waals surface area contributed by atoms with E-state index in [0.717, 1.165) is 32.3 Å². The van der Waals surface area contributed by atoms with E-state index in [1.54, 1.807) is 0 Å². The van der Waals surface area contributed by atoms with Gasteiger partial charge in [0.2, 0.25) is 0 Å². The van der Waals surface area contributed by atoms with E-state index in [-0.39, 0.29) is 17.8 Å². The molecule has 0 aromatic heterocycles. The van der Waals surface area contributed by atoms with Gasteiger partial charge in [-0.3, -0.25) is 4.79 Å². The van der Waals surface area contributed by atoms with Crippen LogP contribution in [0.5, 0.6) is 0 Å². The average Bonchev–Trinajstić information content (AvgIpc) is 2.82. The van der Waals surface area contributed by atoms with Crippen LogP contribution >= 0.6 is 0 Å². The Balaban J connectivity index is 1.90. The smallest absolute Gasteiger partial charge is 0.174 e. The van der Waals surface area contributed by atoms with Crippen LogP contribution in [-0.2, 0) is 9.53 Å². The van der Waals surface area contributed by atoms with Crippen molar-refractivity contribution in [2.75, 3.05) is 6.61 Å². The Morgan fingerprint density at radius 1 is 1.47 bits per heavy atom. The molecule has 0 aromatic rings. The summed E-state index contributed by atoms with van der Waals surface area (Å²) < 4.78 is 5.72. The fourth-order valence-corrected chi connectivity index (χ4v) is 3.24. The van der Waals surface area contributed by atoms with Crippen LogP contribution in [0.25, 0.3) is 0 Å². The number of aliphatic hydroxyl groups is 1. The van der Waals surface area contributed by atoms with Crippen molar-refractivity contribution in [1.29, 1.82) is 0 Å². The molecule has 1 heterocycles. The zero-order valence-electron chi connectivity index (χ0n) is 8.69. The van der Waals surface area contributed by atoms with Crippen LogP contribution in [0.1, 0.15) is 25.7 Å². The summed E-state index contributed by atoms with van der Waals surface area (Å²) in [4.78, 5) is 12.0. The second-order valence-corrected chi connectivity index (χ2v) is 4.93. The molecule has 0 unspecified atom stereocenters. The third-order valence-corrected chi connectivity index (χ3v) is 4.10. The van der Waals surface area contributed by atoms with E-state index >= 15 is 0 Å². The maximum atomic E-state index is 12.0. The minimum atomic E-state index is -0.777. The van der Waals surface area contributed by atoms with Gasteiger partial charge in [-0.05, 0) is 25.7 Å². The molecule has 2 bridgehead atoms. The molecule has 2 aliphatic carbocycles. The molecule has 4 atom stereocenters. The highest BCUT2D eigenvalue weighted by Gasteiger charge is 2.58. The van der Waals surface area contributed by atoms with Gasteiger partial charge in [-0.15, -0.1) is 0 Å². The van der Waals surface area contributed by atoms with Crippen LogP contribution in [0.15, 0.2) is 12.2 Å². The standard InChI is InChI=1S/C12H16O3/c13-10-8-4-5-12(7-8,11(10)14)9-3-1-2-6-15-9/h4-5,8-10,13H,1-3,6-7H2/t8-,9+,10+,12-/m0/s1. The number of carbonyl (C=O) groups excluding carboxylic acids is 1. The maximum Gasteiger partial charge on any atom is 0.174 e. The van der Waals surface area contributed by atoms with Crippen LogP contribution in [0.4, 0.5) is 0 Å². The number of ether oxygens (including phenoxy) is 1. The molecule has 0 spiro atoms. The topological polar surface area (TPSA) is 46.5 Å². The number of hydrogen-bond acceptors (Lipinski definition) is 3. The lowest BCUT2D eigenvalue weighted by molar-refractivity contribution is -0.140. The Hall–Kier alpha value is -0.670. The quantitative estimate of drug-likeness (QED) is 0.655. The first-order valence-corrected chi connectivity index (χ1v) is 5.77. The van der Waals surface area contributed by atoms with Gasteiger partial charge in [0.15, 0.2) is 5.78 Å². The van der Waals surface area contributed by atoms with Crippen molar-refractivity contribution >= 4 is 5.78 Å². The fourth-order valence-electron chi connectivity index (χ4n) is 3.24. The second-order valence-electron chi connectivity index (χ2n) is 4.93. The maximum absolute atomic E-state index is 12.0. The molecular weight excluding hydrogens is 192 g/mol. The number of fused-ring (bicyclic) bond motifs is 2. The van der Waals surface area contributed by atoms with Crippen LogP contribution < -0.4 is 0 Å². The normalized spacial score (nSPS) is 48.9. The molecular formula is C12H16O3. The molecule has 1 aliphatic heterocycles. The van der Waals surface area contributed by atoms with Crippen molar-refractivity contribution in [2.24, 2.45) is 11.3 Å². The predicted octanol–water partition coefficient (Wildman–Crippen LogP) is 1.06. The van der Waals surface area contributed by atoms with Gasteiger partial charge in [-0.2, -0.15) is 0 Å². The van der Waals surface area contributed by atoms with Crippen molar-refractivity contribution in [2.45, 2.75) is 37.9 Å². The molecule has 0 radical (unpaired) electrons. The van der Waals surface area contributed by atoms with E-state index in [0.29, 0.717) is 0 Å². The van der Waals surface area contributed by atoms with Gasteiger partial charge in [0.05, 0.1) is 11.5 Å². The largest absolute Gasteiger partial charge is 0.385 e. The monoisotopic (exact) mass is 208 g/mol.